The lowest BCUT2D eigenvalue weighted by molar-refractivity contribution is 0.411. The fourth-order valence-electron chi connectivity index (χ4n) is 3.35. The molecule has 0 bridgehead atoms. The van der Waals surface area contributed by atoms with Crippen LogP contribution in [0.15, 0.2) is 10.6 Å². The summed E-state index contributed by atoms with van der Waals surface area (Å²) < 4.78 is 5.65. The van der Waals surface area contributed by atoms with Crippen LogP contribution in [0.3, 0.4) is 0 Å². The van der Waals surface area contributed by atoms with E-state index in [9.17, 15) is 0 Å². The van der Waals surface area contributed by atoms with Crippen molar-refractivity contribution < 1.29 is 14.5 Å². The molecular weight excluding hydrogens is 245 g/mol. The smallest absolute Gasteiger partial charge is 0.454 e. The molecule has 6 heteroatoms. The minimum absolute atomic E-state index is 0.142. The molecule has 0 aliphatic carbocycles. The van der Waals surface area contributed by atoms with Gasteiger partial charge in [0.25, 0.3) is 0 Å². The molecule has 4 nitrogen and oxygen atoms in total. The Balaban J connectivity index is 3.33. The zero-order valence-electron chi connectivity index (χ0n) is 12.1. The average molecular weight is 269 g/mol. The summed E-state index contributed by atoms with van der Waals surface area (Å²) in [5.74, 6) is 0. The van der Waals surface area contributed by atoms with E-state index in [1.165, 1.54) is 6.20 Å². The molecule has 0 aliphatic rings. The lowest BCUT2D eigenvalue weighted by atomic mass is 9.89. The Bertz CT molecular complexity index is 369. The van der Waals surface area contributed by atoms with Gasteiger partial charge < -0.3 is 14.5 Å². The first kappa shape index (κ1) is 15.5. The van der Waals surface area contributed by atoms with Crippen LogP contribution >= 0.6 is 0 Å². The lowest BCUT2D eigenvalue weighted by Crippen LogP contribution is -2.56. The molecule has 102 valence electrons. The minimum atomic E-state index is -1.93. The van der Waals surface area contributed by atoms with Crippen molar-refractivity contribution in [1.82, 2.24) is 4.98 Å². The molecule has 0 fully saturated rings. The van der Waals surface area contributed by atoms with E-state index in [0.717, 1.165) is 5.51 Å². The van der Waals surface area contributed by atoms with Crippen LogP contribution in [0.1, 0.15) is 41.5 Å². The third-order valence-corrected chi connectivity index (χ3v) is 10.7. The summed E-state index contributed by atoms with van der Waals surface area (Å²) in [6.45, 7) is 13.3. The van der Waals surface area contributed by atoms with Gasteiger partial charge in [-0.3, -0.25) is 0 Å². The van der Waals surface area contributed by atoms with Crippen LogP contribution in [-0.4, -0.2) is 30.2 Å². The Labute approximate surface area is 111 Å². The van der Waals surface area contributed by atoms with Gasteiger partial charge in [-0.05, 0) is 16.6 Å². The predicted octanol–water partition coefficient (Wildman–Crippen LogP) is 1.24. The summed E-state index contributed by atoms with van der Waals surface area (Å²) >= 11 is 0. The van der Waals surface area contributed by atoms with E-state index < -0.39 is 15.2 Å². The van der Waals surface area contributed by atoms with Gasteiger partial charge in [0.2, 0.25) is 0 Å². The van der Waals surface area contributed by atoms with Crippen molar-refractivity contribution in [2.75, 3.05) is 0 Å². The van der Waals surface area contributed by atoms with Crippen LogP contribution in [0, 0.1) is 0 Å². The SMILES string of the molecule is CC(C)[Si](c1ncc(B(O)O)o1)(C(C)C)C(C)C. The minimum Gasteiger partial charge on any atom is -0.454 e. The van der Waals surface area contributed by atoms with E-state index >= 15 is 0 Å². The second-order valence-corrected chi connectivity index (χ2v) is 11.6. The summed E-state index contributed by atoms with van der Waals surface area (Å²) in [6.07, 6.45) is 1.44. The Morgan fingerprint density at radius 2 is 1.50 bits per heavy atom. The van der Waals surface area contributed by atoms with Gasteiger partial charge in [0.15, 0.2) is 19.2 Å². The van der Waals surface area contributed by atoms with Crippen molar-refractivity contribution in [2.45, 2.75) is 58.2 Å². The molecule has 1 aromatic heterocycles. The van der Waals surface area contributed by atoms with Gasteiger partial charge in [-0.15, -0.1) is 0 Å². The summed E-state index contributed by atoms with van der Waals surface area (Å²) in [5.41, 5.74) is 2.34. The van der Waals surface area contributed by atoms with Gasteiger partial charge in [0.1, 0.15) is 0 Å². The quantitative estimate of drug-likeness (QED) is 0.789. The van der Waals surface area contributed by atoms with Crippen molar-refractivity contribution >= 4 is 26.4 Å². The highest BCUT2D eigenvalue weighted by Crippen LogP contribution is 2.40. The number of hydrogen-bond donors (Lipinski definition) is 2. The summed E-state index contributed by atoms with van der Waals surface area (Å²) in [4.78, 5) is 4.35. The first-order chi connectivity index (χ1) is 8.24. The second-order valence-electron chi connectivity index (χ2n) is 5.84. The van der Waals surface area contributed by atoms with Crippen molar-refractivity contribution in [3.8, 4) is 0 Å². The number of nitrogens with zero attached hydrogens (tertiary/aromatic N) is 1. The third kappa shape index (κ3) is 2.41. The number of aromatic nitrogens is 1. The first-order valence-corrected chi connectivity index (χ1v) is 8.80. The van der Waals surface area contributed by atoms with Gasteiger partial charge in [-0.25, -0.2) is 4.98 Å². The van der Waals surface area contributed by atoms with E-state index in [-0.39, 0.29) is 5.66 Å². The van der Waals surface area contributed by atoms with Gasteiger partial charge in [0, 0.05) is 0 Å². The maximum Gasteiger partial charge on any atom is 0.528 e. The third-order valence-electron chi connectivity index (χ3n) is 4.01. The van der Waals surface area contributed by atoms with Crippen molar-refractivity contribution in [1.29, 1.82) is 0 Å². The van der Waals surface area contributed by atoms with Gasteiger partial charge >= 0.3 is 7.12 Å². The summed E-state index contributed by atoms with van der Waals surface area (Å²) in [6, 6.07) is 0. The molecule has 1 heterocycles. The number of hydrogen-bond acceptors (Lipinski definition) is 4. The Morgan fingerprint density at radius 3 is 1.78 bits per heavy atom. The standard InChI is InChI=1S/C12H24BNO3Si/c1-8(2)18(9(3)4,10(5)6)12-14-7-11(17-12)13(15)16/h7-10,15-16H,1-6H3. The van der Waals surface area contributed by atoms with Crippen molar-refractivity contribution in [3.05, 3.63) is 6.20 Å². The molecule has 0 amide bonds. The largest absolute Gasteiger partial charge is 0.528 e. The number of oxazole rings is 1. The Kier molecular flexibility index (Phi) is 4.80. The highest BCUT2D eigenvalue weighted by atomic mass is 28.3. The topological polar surface area (TPSA) is 66.5 Å². The van der Waals surface area contributed by atoms with E-state index in [1.54, 1.807) is 0 Å². The molecule has 0 aliphatic heterocycles. The van der Waals surface area contributed by atoms with Crippen LogP contribution in [0.2, 0.25) is 16.6 Å². The van der Waals surface area contributed by atoms with Crippen LogP contribution in [-0.2, 0) is 0 Å². The molecule has 0 saturated carbocycles. The van der Waals surface area contributed by atoms with Crippen LogP contribution < -0.4 is 11.2 Å². The molecular formula is C12H24BNO3Si. The molecule has 2 N–H and O–H groups in total. The van der Waals surface area contributed by atoms with E-state index in [4.69, 9.17) is 14.5 Å². The molecule has 0 spiro atoms. The van der Waals surface area contributed by atoms with Crippen molar-refractivity contribution in [2.24, 2.45) is 0 Å². The fourth-order valence-corrected chi connectivity index (χ4v) is 9.41. The average Bonchev–Trinajstić information content (AvgIpc) is 2.66. The highest BCUT2D eigenvalue weighted by Gasteiger charge is 2.49. The first-order valence-electron chi connectivity index (χ1n) is 6.56. The molecule has 0 atom stereocenters. The monoisotopic (exact) mass is 269 g/mol. The second kappa shape index (κ2) is 5.59. The van der Waals surface area contributed by atoms with E-state index in [1.807, 2.05) is 0 Å². The van der Waals surface area contributed by atoms with Gasteiger partial charge in [0.05, 0.1) is 6.20 Å². The molecule has 1 rings (SSSR count). The molecule has 0 radical (unpaired) electrons. The zero-order chi connectivity index (χ0) is 14.1. The van der Waals surface area contributed by atoms with Crippen molar-refractivity contribution in [3.63, 3.8) is 0 Å². The highest BCUT2D eigenvalue weighted by molar-refractivity contribution is 6.93. The van der Waals surface area contributed by atoms with Gasteiger partial charge in [-0.2, -0.15) is 0 Å². The normalized spacial score (nSPS) is 12.8. The summed E-state index contributed by atoms with van der Waals surface area (Å²) in [5, 5.41) is 18.3. The molecule has 1 aromatic rings. The van der Waals surface area contributed by atoms with E-state index in [0.29, 0.717) is 16.6 Å². The zero-order valence-corrected chi connectivity index (χ0v) is 13.1. The summed E-state index contributed by atoms with van der Waals surface area (Å²) in [7, 11) is -3.51. The van der Waals surface area contributed by atoms with Crippen LogP contribution in [0.4, 0.5) is 0 Å². The molecule has 18 heavy (non-hydrogen) atoms. The Hall–Kier alpha value is -0.588. The Morgan fingerprint density at radius 1 is 1.06 bits per heavy atom. The molecule has 0 unspecified atom stereocenters. The maximum atomic E-state index is 9.16. The van der Waals surface area contributed by atoms with Crippen LogP contribution in [0.5, 0.6) is 0 Å². The predicted molar refractivity (Wildman–Crippen MR) is 77.0 cm³/mol. The lowest BCUT2D eigenvalue weighted by Gasteiger charge is -2.39. The molecule has 0 aromatic carbocycles. The fraction of sp³-hybridized carbons (Fsp3) is 0.750. The van der Waals surface area contributed by atoms with E-state index in [2.05, 4.69) is 46.5 Å². The van der Waals surface area contributed by atoms with Crippen LogP contribution in [0.25, 0.3) is 0 Å². The number of rotatable bonds is 5. The van der Waals surface area contributed by atoms with Gasteiger partial charge in [-0.1, -0.05) is 41.5 Å². The maximum absolute atomic E-state index is 9.16. The molecule has 0 saturated heterocycles.